The highest BCUT2D eigenvalue weighted by Crippen LogP contribution is 2.30. The Bertz CT molecular complexity index is 870. The highest BCUT2D eigenvalue weighted by Gasteiger charge is 2.20. The van der Waals surface area contributed by atoms with Gasteiger partial charge in [-0.1, -0.05) is 54.0 Å². The van der Waals surface area contributed by atoms with Crippen LogP contribution in [0.15, 0.2) is 77.3 Å². The van der Waals surface area contributed by atoms with Crippen molar-refractivity contribution in [3.05, 3.63) is 94.2 Å². The van der Waals surface area contributed by atoms with E-state index < -0.39 is 0 Å². The number of benzene rings is 3. The zero-order chi connectivity index (χ0) is 19.3. The average Bonchev–Trinajstić information content (AvgIpc) is 2.64. The lowest BCUT2D eigenvalue weighted by molar-refractivity contribution is 0.459. The van der Waals surface area contributed by atoms with Crippen molar-refractivity contribution in [2.45, 2.75) is 38.5 Å². The molecule has 0 heterocycles. The van der Waals surface area contributed by atoms with E-state index in [1.165, 1.54) is 11.1 Å². The highest BCUT2D eigenvalue weighted by molar-refractivity contribution is 9.10. The van der Waals surface area contributed by atoms with E-state index in [1.807, 2.05) is 48.5 Å². The number of hydrogen-bond donors (Lipinski definition) is 0. The minimum Gasteiger partial charge on any atom is -0.457 e. The molecule has 0 spiro atoms. The van der Waals surface area contributed by atoms with Crippen LogP contribution in [0.25, 0.3) is 0 Å². The van der Waals surface area contributed by atoms with Gasteiger partial charge in [-0.05, 0) is 84.3 Å². The molecule has 0 atom stereocenters. The van der Waals surface area contributed by atoms with E-state index >= 15 is 0 Å². The quantitative estimate of drug-likeness (QED) is 0.376. The molecule has 0 aliphatic rings. The van der Waals surface area contributed by atoms with Crippen LogP contribution in [0.5, 0.6) is 11.5 Å². The number of hydrogen-bond acceptors (Lipinski definition) is 1. The number of rotatable bonds is 7. The van der Waals surface area contributed by atoms with Crippen molar-refractivity contribution in [2.24, 2.45) is 0 Å². The molecule has 3 aromatic rings. The predicted molar refractivity (Wildman–Crippen MR) is 113 cm³/mol. The van der Waals surface area contributed by atoms with Crippen molar-refractivity contribution >= 4 is 15.9 Å². The van der Waals surface area contributed by atoms with Crippen molar-refractivity contribution in [2.75, 3.05) is 0 Å². The first kappa shape index (κ1) is 19.6. The topological polar surface area (TPSA) is 9.23 Å². The highest BCUT2D eigenvalue weighted by atomic mass is 79.9. The Labute approximate surface area is 169 Å². The lowest BCUT2D eigenvalue weighted by atomic mass is 9.80. The zero-order valence-electron chi connectivity index (χ0n) is 15.7. The van der Waals surface area contributed by atoms with E-state index in [4.69, 9.17) is 4.74 Å². The summed E-state index contributed by atoms with van der Waals surface area (Å²) in [5, 5.41) is 0. The van der Waals surface area contributed by atoms with Gasteiger partial charge in [-0.15, -0.1) is 0 Å². The van der Waals surface area contributed by atoms with Gasteiger partial charge in [0.15, 0.2) is 0 Å². The molecule has 0 amide bonds. The third kappa shape index (κ3) is 5.67. The maximum atomic E-state index is 13.1. The molecule has 140 valence electrons. The Hall–Kier alpha value is -2.13. The van der Waals surface area contributed by atoms with Crippen molar-refractivity contribution < 1.29 is 9.13 Å². The summed E-state index contributed by atoms with van der Waals surface area (Å²) in [5.41, 5.74) is 2.47. The SMILES string of the molecule is CC(C)(CCCc1cccc(Oc2ccc(Br)cc2)c1)c1ccc(F)cc1. The molecule has 0 fully saturated rings. The van der Waals surface area contributed by atoms with Crippen LogP contribution in [0.3, 0.4) is 0 Å². The first-order valence-electron chi connectivity index (χ1n) is 9.21. The monoisotopic (exact) mass is 426 g/mol. The first-order chi connectivity index (χ1) is 12.9. The Morgan fingerprint density at radius 3 is 2.30 bits per heavy atom. The molecular formula is C24H24BrFO. The average molecular weight is 427 g/mol. The summed E-state index contributed by atoms with van der Waals surface area (Å²) in [4.78, 5) is 0. The molecule has 0 unspecified atom stereocenters. The Balaban J connectivity index is 1.58. The standard InChI is InChI=1S/C24H24BrFO/c1-24(2,19-8-12-21(26)13-9-19)16-4-6-18-5-3-7-23(17-18)27-22-14-10-20(25)11-15-22/h3,5,7-15,17H,4,6,16H2,1-2H3. The van der Waals surface area contributed by atoms with Crippen LogP contribution in [0.2, 0.25) is 0 Å². The van der Waals surface area contributed by atoms with Crippen LogP contribution in [-0.2, 0) is 11.8 Å². The van der Waals surface area contributed by atoms with E-state index in [2.05, 4.69) is 41.9 Å². The molecule has 0 saturated carbocycles. The van der Waals surface area contributed by atoms with Crippen LogP contribution in [0.4, 0.5) is 4.39 Å². The molecule has 3 rings (SSSR count). The third-order valence-electron chi connectivity index (χ3n) is 4.84. The number of ether oxygens (including phenoxy) is 1. The second-order valence-electron chi connectivity index (χ2n) is 7.45. The summed E-state index contributed by atoms with van der Waals surface area (Å²) >= 11 is 3.43. The lowest BCUT2D eigenvalue weighted by Crippen LogP contribution is -2.17. The molecule has 3 heteroatoms. The summed E-state index contributed by atoms with van der Waals surface area (Å²) in [6, 6.07) is 23.0. The van der Waals surface area contributed by atoms with Gasteiger partial charge in [-0.3, -0.25) is 0 Å². The summed E-state index contributed by atoms with van der Waals surface area (Å²) < 4.78 is 20.1. The maximum absolute atomic E-state index is 13.1. The van der Waals surface area contributed by atoms with Gasteiger partial charge in [0.1, 0.15) is 17.3 Å². The fourth-order valence-electron chi connectivity index (χ4n) is 3.18. The van der Waals surface area contributed by atoms with Crippen LogP contribution >= 0.6 is 15.9 Å². The van der Waals surface area contributed by atoms with E-state index in [1.54, 1.807) is 12.1 Å². The molecule has 0 aromatic heterocycles. The molecular weight excluding hydrogens is 403 g/mol. The second-order valence-corrected chi connectivity index (χ2v) is 8.36. The van der Waals surface area contributed by atoms with Gasteiger partial charge in [0.2, 0.25) is 0 Å². The predicted octanol–water partition coefficient (Wildman–Crippen LogP) is 7.68. The van der Waals surface area contributed by atoms with Gasteiger partial charge in [-0.25, -0.2) is 4.39 Å². The minimum absolute atomic E-state index is 0.0270. The largest absolute Gasteiger partial charge is 0.457 e. The van der Waals surface area contributed by atoms with Gasteiger partial charge in [0, 0.05) is 4.47 Å². The van der Waals surface area contributed by atoms with Gasteiger partial charge in [-0.2, -0.15) is 0 Å². The molecule has 3 aromatic carbocycles. The molecule has 0 bridgehead atoms. The summed E-state index contributed by atoms with van der Waals surface area (Å²) in [5.74, 6) is 1.50. The van der Waals surface area contributed by atoms with Crippen molar-refractivity contribution in [1.82, 2.24) is 0 Å². The molecule has 1 nitrogen and oxygen atoms in total. The first-order valence-corrected chi connectivity index (χ1v) is 10.0. The number of aryl methyl sites for hydroxylation is 1. The van der Waals surface area contributed by atoms with Crippen molar-refractivity contribution in [1.29, 1.82) is 0 Å². The fraction of sp³-hybridized carbons (Fsp3) is 0.250. The van der Waals surface area contributed by atoms with Crippen molar-refractivity contribution in [3.63, 3.8) is 0 Å². The molecule has 0 N–H and O–H groups in total. The van der Waals surface area contributed by atoms with E-state index in [0.29, 0.717) is 0 Å². The Morgan fingerprint density at radius 1 is 0.889 bits per heavy atom. The van der Waals surface area contributed by atoms with Crippen LogP contribution < -0.4 is 4.74 Å². The van der Waals surface area contributed by atoms with E-state index in [0.717, 1.165) is 35.2 Å². The fourth-order valence-corrected chi connectivity index (χ4v) is 3.45. The summed E-state index contributed by atoms with van der Waals surface area (Å²) in [7, 11) is 0. The van der Waals surface area contributed by atoms with Crippen LogP contribution in [-0.4, -0.2) is 0 Å². The molecule has 0 aliphatic carbocycles. The van der Waals surface area contributed by atoms with Gasteiger partial charge >= 0.3 is 0 Å². The summed E-state index contributed by atoms with van der Waals surface area (Å²) in [6.45, 7) is 4.43. The van der Waals surface area contributed by atoms with Crippen LogP contribution in [0, 0.1) is 5.82 Å². The smallest absolute Gasteiger partial charge is 0.127 e. The van der Waals surface area contributed by atoms with Crippen molar-refractivity contribution in [3.8, 4) is 11.5 Å². The van der Waals surface area contributed by atoms with Gasteiger partial charge in [0.25, 0.3) is 0 Å². The molecule has 27 heavy (non-hydrogen) atoms. The molecule has 0 aliphatic heterocycles. The van der Waals surface area contributed by atoms with E-state index in [-0.39, 0.29) is 11.2 Å². The second kappa shape index (κ2) is 8.71. The maximum Gasteiger partial charge on any atom is 0.127 e. The third-order valence-corrected chi connectivity index (χ3v) is 5.37. The van der Waals surface area contributed by atoms with Gasteiger partial charge < -0.3 is 4.74 Å². The summed E-state index contributed by atoms with van der Waals surface area (Å²) in [6.07, 6.45) is 3.09. The number of halogens is 2. The molecule has 0 radical (unpaired) electrons. The zero-order valence-corrected chi connectivity index (χ0v) is 17.3. The normalized spacial score (nSPS) is 11.4. The van der Waals surface area contributed by atoms with Gasteiger partial charge in [0.05, 0.1) is 0 Å². The lowest BCUT2D eigenvalue weighted by Gasteiger charge is -2.25. The van der Waals surface area contributed by atoms with Crippen LogP contribution in [0.1, 0.15) is 37.8 Å². The molecule has 0 saturated heterocycles. The Morgan fingerprint density at radius 2 is 1.59 bits per heavy atom. The Kier molecular flexibility index (Phi) is 6.33. The van der Waals surface area contributed by atoms with E-state index in [9.17, 15) is 4.39 Å². The minimum atomic E-state index is -0.183.